The van der Waals surface area contributed by atoms with Gasteiger partial charge in [0.15, 0.2) is 0 Å². The van der Waals surface area contributed by atoms with Crippen LogP contribution < -0.4 is 4.90 Å². The highest BCUT2D eigenvalue weighted by Gasteiger charge is 2.38. The number of hydrogen-bond donors (Lipinski definition) is 1. The number of anilines is 1. The van der Waals surface area contributed by atoms with Crippen LogP contribution in [-0.4, -0.2) is 28.8 Å². The third kappa shape index (κ3) is 2.11. The van der Waals surface area contributed by atoms with Gasteiger partial charge < -0.3 is 10.0 Å². The molecule has 88 valence electrons. The summed E-state index contributed by atoms with van der Waals surface area (Å²) in [5, 5.41) is 9.48. The zero-order valence-electron chi connectivity index (χ0n) is 8.62. The SMILES string of the molecule is CC1(O)CN(c2cccc(C(F)(F)F)n2)C1. The molecule has 1 saturated heterocycles. The number of pyridine rings is 1. The highest BCUT2D eigenvalue weighted by molar-refractivity contribution is 5.44. The number of aromatic nitrogens is 1. The van der Waals surface area contributed by atoms with Crippen LogP contribution in [0.25, 0.3) is 0 Å². The summed E-state index contributed by atoms with van der Waals surface area (Å²) in [6, 6.07) is 3.75. The highest BCUT2D eigenvalue weighted by Crippen LogP contribution is 2.31. The average Bonchev–Trinajstić information content (AvgIpc) is 2.13. The molecular weight excluding hydrogens is 221 g/mol. The van der Waals surface area contributed by atoms with Gasteiger partial charge in [0, 0.05) is 13.1 Å². The monoisotopic (exact) mass is 232 g/mol. The second kappa shape index (κ2) is 3.35. The standard InChI is InChI=1S/C10H11F3N2O/c1-9(16)5-15(6-9)8-4-2-3-7(14-8)10(11,12)13/h2-4,16H,5-6H2,1H3. The minimum absolute atomic E-state index is 0.251. The number of alkyl halides is 3. The summed E-state index contributed by atoms with van der Waals surface area (Å²) in [6.45, 7) is 2.25. The van der Waals surface area contributed by atoms with Gasteiger partial charge in [0.1, 0.15) is 11.5 Å². The third-order valence-electron chi connectivity index (χ3n) is 2.41. The molecule has 0 atom stereocenters. The molecule has 3 nitrogen and oxygen atoms in total. The van der Waals surface area contributed by atoms with Crippen LogP contribution in [0, 0.1) is 0 Å². The Morgan fingerprint density at radius 2 is 2.00 bits per heavy atom. The summed E-state index contributed by atoms with van der Waals surface area (Å²) in [5.41, 5.74) is -1.73. The lowest BCUT2D eigenvalue weighted by Crippen LogP contribution is -2.60. The Bertz CT molecular complexity index is 395. The van der Waals surface area contributed by atoms with E-state index in [1.807, 2.05) is 0 Å². The molecule has 1 aromatic rings. The molecule has 0 aliphatic carbocycles. The first kappa shape index (κ1) is 11.2. The molecule has 0 unspecified atom stereocenters. The lowest BCUT2D eigenvalue weighted by molar-refractivity contribution is -0.141. The molecular formula is C10H11F3N2O. The number of nitrogens with zero attached hydrogens (tertiary/aromatic N) is 2. The Labute approximate surface area is 90.5 Å². The summed E-state index contributed by atoms with van der Waals surface area (Å²) in [5.74, 6) is 0.251. The van der Waals surface area contributed by atoms with Gasteiger partial charge in [-0.3, -0.25) is 0 Å². The van der Waals surface area contributed by atoms with E-state index in [2.05, 4.69) is 4.98 Å². The van der Waals surface area contributed by atoms with Crippen molar-refractivity contribution in [2.24, 2.45) is 0 Å². The van der Waals surface area contributed by atoms with Crippen LogP contribution in [0.3, 0.4) is 0 Å². The fourth-order valence-electron chi connectivity index (χ4n) is 1.70. The van der Waals surface area contributed by atoms with Gasteiger partial charge in [-0.15, -0.1) is 0 Å². The third-order valence-corrected chi connectivity index (χ3v) is 2.41. The van der Waals surface area contributed by atoms with E-state index in [0.29, 0.717) is 13.1 Å². The van der Waals surface area contributed by atoms with Crippen LogP contribution in [0.5, 0.6) is 0 Å². The molecule has 1 aliphatic rings. The Morgan fingerprint density at radius 3 is 2.50 bits per heavy atom. The molecule has 1 fully saturated rings. The van der Waals surface area contributed by atoms with Gasteiger partial charge in [0.05, 0.1) is 5.60 Å². The van der Waals surface area contributed by atoms with Crippen LogP contribution in [0.4, 0.5) is 19.0 Å². The maximum absolute atomic E-state index is 12.4. The molecule has 0 amide bonds. The van der Waals surface area contributed by atoms with Crippen molar-refractivity contribution in [2.45, 2.75) is 18.7 Å². The first-order valence-corrected chi connectivity index (χ1v) is 4.79. The average molecular weight is 232 g/mol. The Morgan fingerprint density at radius 1 is 1.38 bits per heavy atom. The first-order valence-electron chi connectivity index (χ1n) is 4.79. The molecule has 0 aromatic carbocycles. The first-order chi connectivity index (χ1) is 7.28. The van der Waals surface area contributed by atoms with Gasteiger partial charge in [-0.1, -0.05) is 6.07 Å². The Balaban J connectivity index is 2.18. The van der Waals surface area contributed by atoms with Crippen molar-refractivity contribution in [1.82, 2.24) is 4.98 Å². The summed E-state index contributed by atoms with van der Waals surface area (Å²) < 4.78 is 37.1. The van der Waals surface area contributed by atoms with Gasteiger partial charge in [0.2, 0.25) is 0 Å². The number of β-amino-alcohol motifs (C(OH)–C–C–N with tert-alkyl or cyclic N) is 1. The lowest BCUT2D eigenvalue weighted by atomic mass is 9.97. The Kier molecular flexibility index (Phi) is 2.34. The summed E-state index contributed by atoms with van der Waals surface area (Å²) in [6.07, 6.45) is -4.43. The molecule has 0 bridgehead atoms. The molecule has 2 heterocycles. The van der Waals surface area contributed by atoms with Crippen LogP contribution in [0.1, 0.15) is 12.6 Å². The van der Waals surface area contributed by atoms with E-state index in [4.69, 9.17) is 0 Å². The zero-order valence-corrected chi connectivity index (χ0v) is 8.62. The highest BCUT2D eigenvalue weighted by atomic mass is 19.4. The molecule has 1 N–H and O–H groups in total. The van der Waals surface area contributed by atoms with Gasteiger partial charge in [-0.25, -0.2) is 4.98 Å². The van der Waals surface area contributed by atoms with Crippen molar-refractivity contribution in [1.29, 1.82) is 0 Å². The van der Waals surface area contributed by atoms with E-state index in [1.54, 1.807) is 11.8 Å². The predicted octanol–water partition coefficient (Wildman–Crippen LogP) is 1.67. The van der Waals surface area contributed by atoms with Gasteiger partial charge in [-0.2, -0.15) is 13.2 Å². The number of hydrogen-bond acceptors (Lipinski definition) is 3. The molecule has 16 heavy (non-hydrogen) atoms. The zero-order chi connectivity index (χ0) is 12.0. The van der Waals surface area contributed by atoms with E-state index in [1.165, 1.54) is 12.1 Å². The fourth-order valence-corrected chi connectivity index (χ4v) is 1.70. The molecule has 1 aromatic heterocycles. The van der Waals surface area contributed by atoms with E-state index in [9.17, 15) is 18.3 Å². The van der Waals surface area contributed by atoms with E-state index >= 15 is 0 Å². The van der Waals surface area contributed by atoms with Crippen molar-refractivity contribution in [3.63, 3.8) is 0 Å². The quantitative estimate of drug-likeness (QED) is 0.800. The minimum Gasteiger partial charge on any atom is -0.386 e. The lowest BCUT2D eigenvalue weighted by Gasteiger charge is -2.45. The van der Waals surface area contributed by atoms with Crippen LogP contribution in [-0.2, 0) is 6.18 Å². The smallest absolute Gasteiger partial charge is 0.386 e. The van der Waals surface area contributed by atoms with Crippen molar-refractivity contribution >= 4 is 5.82 Å². The maximum atomic E-state index is 12.4. The van der Waals surface area contributed by atoms with Crippen LogP contribution in [0.2, 0.25) is 0 Å². The summed E-state index contributed by atoms with van der Waals surface area (Å²) in [4.78, 5) is 5.13. The molecule has 0 radical (unpaired) electrons. The second-order valence-corrected chi connectivity index (χ2v) is 4.23. The largest absolute Gasteiger partial charge is 0.433 e. The topological polar surface area (TPSA) is 36.4 Å². The van der Waals surface area contributed by atoms with Crippen LogP contribution in [0.15, 0.2) is 18.2 Å². The van der Waals surface area contributed by atoms with Crippen molar-refractivity contribution in [2.75, 3.05) is 18.0 Å². The van der Waals surface area contributed by atoms with Crippen molar-refractivity contribution in [3.05, 3.63) is 23.9 Å². The van der Waals surface area contributed by atoms with Gasteiger partial charge >= 0.3 is 6.18 Å². The molecule has 0 spiro atoms. The molecule has 2 rings (SSSR count). The number of rotatable bonds is 1. The summed E-state index contributed by atoms with van der Waals surface area (Å²) in [7, 11) is 0. The molecule has 6 heteroatoms. The van der Waals surface area contributed by atoms with Crippen molar-refractivity contribution in [3.8, 4) is 0 Å². The van der Waals surface area contributed by atoms with E-state index < -0.39 is 17.5 Å². The summed E-state index contributed by atoms with van der Waals surface area (Å²) >= 11 is 0. The van der Waals surface area contributed by atoms with Crippen molar-refractivity contribution < 1.29 is 18.3 Å². The van der Waals surface area contributed by atoms with Gasteiger partial charge in [-0.05, 0) is 19.1 Å². The normalized spacial score (nSPS) is 19.4. The van der Waals surface area contributed by atoms with E-state index in [0.717, 1.165) is 6.07 Å². The second-order valence-electron chi connectivity index (χ2n) is 4.23. The minimum atomic E-state index is -4.43. The van der Waals surface area contributed by atoms with Gasteiger partial charge in [0.25, 0.3) is 0 Å². The molecule has 1 aliphatic heterocycles. The number of aliphatic hydroxyl groups is 1. The molecule has 0 saturated carbocycles. The Hall–Kier alpha value is -1.30. The predicted molar refractivity (Wildman–Crippen MR) is 52.1 cm³/mol. The maximum Gasteiger partial charge on any atom is 0.433 e. The number of halogens is 3. The fraction of sp³-hybridized carbons (Fsp3) is 0.500. The van der Waals surface area contributed by atoms with E-state index in [-0.39, 0.29) is 5.82 Å². The van der Waals surface area contributed by atoms with Crippen LogP contribution >= 0.6 is 0 Å².